The number of hydrogen-bond acceptors (Lipinski definition) is 4. The molecule has 1 heterocycles. The maximum Gasteiger partial charge on any atom is 0.268 e. The van der Waals surface area contributed by atoms with Crippen molar-refractivity contribution < 1.29 is 13.9 Å². The Labute approximate surface area is 123 Å². The van der Waals surface area contributed by atoms with Gasteiger partial charge in [0.05, 0.1) is 17.9 Å². The van der Waals surface area contributed by atoms with Gasteiger partial charge in [-0.3, -0.25) is 10.2 Å². The summed E-state index contributed by atoms with van der Waals surface area (Å²) in [7, 11) is 0. The minimum Gasteiger partial charge on any atom is -0.466 e. The first kappa shape index (κ1) is 13.9. The number of aryl methyl sites for hydroxylation is 1. The molecular weight excluding hydrogens is 268 g/mol. The van der Waals surface area contributed by atoms with E-state index in [1.54, 1.807) is 6.07 Å². The van der Waals surface area contributed by atoms with E-state index in [9.17, 15) is 4.79 Å². The Morgan fingerprint density at radius 2 is 2.24 bits per heavy atom. The van der Waals surface area contributed by atoms with E-state index in [0.29, 0.717) is 11.3 Å². The molecule has 3 N–H and O–H groups in total. The third-order valence-electron chi connectivity index (χ3n) is 3.85. The smallest absolute Gasteiger partial charge is 0.268 e. The summed E-state index contributed by atoms with van der Waals surface area (Å²) in [5, 5.41) is 0. The molecular formula is C16H18N2O3. The van der Waals surface area contributed by atoms with Crippen molar-refractivity contribution in [2.24, 2.45) is 5.84 Å². The van der Waals surface area contributed by atoms with Crippen molar-refractivity contribution in [3.8, 4) is 0 Å². The van der Waals surface area contributed by atoms with Crippen LogP contribution in [0.15, 0.2) is 41.0 Å². The quantitative estimate of drug-likeness (QED) is 0.514. The molecule has 0 saturated heterocycles. The zero-order valence-electron chi connectivity index (χ0n) is 11.7. The van der Waals surface area contributed by atoms with Crippen molar-refractivity contribution in [2.45, 2.75) is 32.0 Å². The first-order chi connectivity index (χ1) is 10.3. The molecule has 2 aromatic rings. The van der Waals surface area contributed by atoms with Crippen molar-refractivity contribution in [1.82, 2.24) is 5.43 Å². The molecule has 0 aliphatic heterocycles. The molecule has 0 saturated carbocycles. The predicted octanol–water partition coefficient (Wildman–Crippen LogP) is 2.48. The fourth-order valence-electron chi connectivity index (χ4n) is 2.79. The monoisotopic (exact) mass is 286 g/mol. The molecule has 1 atom stereocenters. The fourth-order valence-corrected chi connectivity index (χ4v) is 2.79. The molecule has 5 heteroatoms. The Hall–Kier alpha value is -2.11. The summed E-state index contributed by atoms with van der Waals surface area (Å²) in [6.45, 7) is 0.259. The summed E-state index contributed by atoms with van der Waals surface area (Å²) in [6.07, 6.45) is 4.70. The van der Waals surface area contributed by atoms with Crippen LogP contribution in [0.25, 0.3) is 0 Å². The first-order valence-electron chi connectivity index (χ1n) is 7.06. The highest BCUT2D eigenvalue weighted by atomic mass is 16.5. The van der Waals surface area contributed by atoms with Gasteiger partial charge < -0.3 is 9.15 Å². The summed E-state index contributed by atoms with van der Waals surface area (Å²) in [5.41, 5.74) is 5.10. The van der Waals surface area contributed by atoms with Crippen LogP contribution in [0, 0.1) is 0 Å². The van der Waals surface area contributed by atoms with Crippen LogP contribution in [0.5, 0.6) is 0 Å². The third kappa shape index (κ3) is 2.84. The number of furan rings is 1. The maximum atomic E-state index is 11.6. The fraction of sp³-hybridized carbons (Fsp3) is 0.312. The second-order valence-corrected chi connectivity index (χ2v) is 5.12. The van der Waals surface area contributed by atoms with E-state index in [2.05, 4.69) is 23.6 Å². The molecule has 1 aliphatic rings. The van der Waals surface area contributed by atoms with Crippen molar-refractivity contribution in [1.29, 1.82) is 0 Å². The van der Waals surface area contributed by atoms with Gasteiger partial charge in [-0.1, -0.05) is 24.3 Å². The van der Waals surface area contributed by atoms with Gasteiger partial charge in [0.15, 0.2) is 0 Å². The van der Waals surface area contributed by atoms with Gasteiger partial charge >= 0.3 is 0 Å². The highest BCUT2D eigenvalue weighted by molar-refractivity contribution is 5.94. The van der Waals surface area contributed by atoms with Gasteiger partial charge in [-0.15, -0.1) is 0 Å². The van der Waals surface area contributed by atoms with Crippen LogP contribution in [-0.2, 0) is 17.8 Å². The number of carbonyl (C=O) groups is 1. The number of nitrogens with one attached hydrogen (secondary N) is 1. The SMILES string of the molecule is NNC(=O)c1ccoc1COC1CCCc2ccccc21. The van der Waals surface area contributed by atoms with Crippen molar-refractivity contribution in [3.63, 3.8) is 0 Å². The zero-order valence-corrected chi connectivity index (χ0v) is 11.7. The van der Waals surface area contributed by atoms with Gasteiger partial charge in [-0.25, -0.2) is 5.84 Å². The minimum absolute atomic E-state index is 0.0498. The lowest BCUT2D eigenvalue weighted by Gasteiger charge is -2.25. The number of carbonyl (C=O) groups excluding carboxylic acids is 1. The molecule has 0 spiro atoms. The molecule has 21 heavy (non-hydrogen) atoms. The molecule has 1 aromatic carbocycles. The van der Waals surface area contributed by atoms with Crippen LogP contribution in [0.1, 0.15) is 46.2 Å². The second-order valence-electron chi connectivity index (χ2n) is 5.12. The molecule has 5 nitrogen and oxygen atoms in total. The number of hydrazine groups is 1. The highest BCUT2D eigenvalue weighted by Crippen LogP contribution is 2.33. The number of fused-ring (bicyclic) bond motifs is 1. The Bertz CT molecular complexity index is 636. The van der Waals surface area contributed by atoms with Crippen molar-refractivity contribution >= 4 is 5.91 Å². The molecule has 1 aliphatic carbocycles. The molecule has 0 radical (unpaired) electrons. The lowest BCUT2D eigenvalue weighted by molar-refractivity contribution is 0.0187. The standard InChI is InChI=1S/C16H18N2O3/c17-18-16(19)13-8-9-20-15(13)10-21-14-7-3-5-11-4-1-2-6-12(11)14/h1-2,4,6,8-9,14H,3,5,7,10,17H2,(H,18,19). The number of ether oxygens (including phenoxy) is 1. The topological polar surface area (TPSA) is 77.5 Å². The maximum absolute atomic E-state index is 11.6. The Morgan fingerprint density at radius 3 is 3.10 bits per heavy atom. The zero-order chi connectivity index (χ0) is 14.7. The first-order valence-corrected chi connectivity index (χ1v) is 7.06. The lowest BCUT2D eigenvalue weighted by Crippen LogP contribution is -2.30. The molecule has 110 valence electrons. The van der Waals surface area contributed by atoms with Crippen LogP contribution >= 0.6 is 0 Å². The molecule has 0 fully saturated rings. The van der Waals surface area contributed by atoms with Gasteiger partial charge in [-0.05, 0) is 36.5 Å². The summed E-state index contributed by atoms with van der Waals surface area (Å²) in [4.78, 5) is 11.6. The largest absolute Gasteiger partial charge is 0.466 e. The summed E-state index contributed by atoms with van der Waals surface area (Å²) in [5.74, 6) is 5.28. The number of nitrogens with two attached hydrogens (primary N) is 1. The van der Waals surface area contributed by atoms with E-state index in [0.717, 1.165) is 19.3 Å². The summed E-state index contributed by atoms with van der Waals surface area (Å²) in [6, 6.07) is 9.92. The molecule has 0 bridgehead atoms. The molecule has 1 unspecified atom stereocenters. The van der Waals surface area contributed by atoms with Crippen LogP contribution < -0.4 is 11.3 Å². The number of benzene rings is 1. The van der Waals surface area contributed by atoms with Gasteiger partial charge in [0, 0.05) is 0 Å². The average Bonchev–Trinajstić information content (AvgIpc) is 3.00. The Kier molecular flexibility index (Phi) is 4.03. The number of nitrogen functional groups attached to an aromatic ring is 1. The molecule has 3 rings (SSSR count). The predicted molar refractivity (Wildman–Crippen MR) is 77.3 cm³/mol. The average molecular weight is 286 g/mol. The second kappa shape index (κ2) is 6.11. The van der Waals surface area contributed by atoms with Gasteiger partial charge in [0.1, 0.15) is 12.4 Å². The number of hydrogen-bond donors (Lipinski definition) is 2. The van der Waals surface area contributed by atoms with Gasteiger partial charge in [0.25, 0.3) is 5.91 Å². The number of rotatable bonds is 4. The van der Waals surface area contributed by atoms with E-state index in [1.165, 1.54) is 17.4 Å². The van der Waals surface area contributed by atoms with Crippen molar-refractivity contribution in [2.75, 3.05) is 0 Å². The summed E-state index contributed by atoms with van der Waals surface area (Å²) < 4.78 is 11.3. The summed E-state index contributed by atoms with van der Waals surface area (Å²) >= 11 is 0. The highest BCUT2D eigenvalue weighted by Gasteiger charge is 2.22. The van der Waals surface area contributed by atoms with E-state index in [-0.39, 0.29) is 18.6 Å². The van der Waals surface area contributed by atoms with Crippen LogP contribution in [-0.4, -0.2) is 5.91 Å². The third-order valence-corrected chi connectivity index (χ3v) is 3.85. The van der Waals surface area contributed by atoms with Crippen LogP contribution in [0.2, 0.25) is 0 Å². The Balaban J connectivity index is 1.72. The lowest BCUT2D eigenvalue weighted by atomic mass is 9.89. The van der Waals surface area contributed by atoms with E-state index < -0.39 is 0 Å². The van der Waals surface area contributed by atoms with Gasteiger partial charge in [0.2, 0.25) is 0 Å². The number of amides is 1. The van der Waals surface area contributed by atoms with Crippen LogP contribution in [0.4, 0.5) is 0 Å². The van der Waals surface area contributed by atoms with Gasteiger partial charge in [-0.2, -0.15) is 0 Å². The van der Waals surface area contributed by atoms with Crippen LogP contribution in [0.3, 0.4) is 0 Å². The Morgan fingerprint density at radius 1 is 1.38 bits per heavy atom. The molecule has 1 amide bonds. The molecule has 1 aromatic heterocycles. The normalized spacial score (nSPS) is 17.3. The minimum atomic E-state index is -0.369. The van der Waals surface area contributed by atoms with E-state index >= 15 is 0 Å². The van der Waals surface area contributed by atoms with E-state index in [4.69, 9.17) is 15.0 Å². The van der Waals surface area contributed by atoms with E-state index in [1.807, 2.05) is 6.07 Å². The van der Waals surface area contributed by atoms with Crippen molar-refractivity contribution in [3.05, 3.63) is 59.0 Å².